The number of carbonyl (C=O) groups excluding carboxylic acids is 1. The monoisotopic (exact) mass is 470 g/mol. The molecule has 1 aromatic carbocycles. The molecule has 8 rings (SSSR count). The molecule has 2 N–H and O–H groups in total. The number of nitrogens with zero attached hydrogens (tertiary/aromatic N) is 2. The average Bonchev–Trinajstić information content (AvgIpc) is 3.51. The molecule has 5 aliphatic heterocycles. The van der Waals surface area contributed by atoms with E-state index in [1.165, 1.54) is 28.1 Å². The minimum atomic E-state index is -0.679. The molecular formula is C28H30N4O3. The van der Waals surface area contributed by atoms with Gasteiger partial charge in [-0.05, 0) is 25.1 Å². The highest BCUT2D eigenvalue weighted by Crippen LogP contribution is 2.64. The van der Waals surface area contributed by atoms with Crippen molar-refractivity contribution >= 4 is 17.3 Å². The maximum Gasteiger partial charge on any atom is 0.252 e. The standard InChI is InChI=1S/C28H30N4O3/c1-28-26(34-3)17(29-2)12-20(35-28)31-18-10-6-4-8-14(18)22-23-16(13-30-27(23)33)21-15-9-5-7-11-19(15)32(28)25(21)24(22)31/h4-11,14-15,17-20,26,29H,12-13H2,1-3H3,(H,30,33)/t14-,15-,17+,18-,19-,20+,26+,28-/m0/s1. The second-order valence-corrected chi connectivity index (χ2v) is 10.8. The summed E-state index contributed by atoms with van der Waals surface area (Å²) < 4.78 is 13.4. The number of likely N-dealkylation sites (N-methyl/N-ethyl adjacent to an activating group) is 1. The number of anilines is 2. The first kappa shape index (κ1) is 20.3. The normalized spacial score (nSPS) is 40.4. The third kappa shape index (κ3) is 2.22. The van der Waals surface area contributed by atoms with Crippen molar-refractivity contribution in [2.75, 3.05) is 24.0 Å². The van der Waals surface area contributed by atoms with Gasteiger partial charge in [0, 0.05) is 43.5 Å². The Morgan fingerprint density at radius 2 is 1.77 bits per heavy atom. The van der Waals surface area contributed by atoms with Crippen LogP contribution in [0, 0.1) is 0 Å². The van der Waals surface area contributed by atoms with Crippen molar-refractivity contribution in [3.63, 3.8) is 0 Å². The minimum Gasteiger partial charge on any atom is -0.375 e. The fraction of sp³-hybridized carbons (Fsp3) is 0.464. The molecule has 1 saturated heterocycles. The van der Waals surface area contributed by atoms with Gasteiger partial charge in [-0.2, -0.15) is 0 Å². The molecule has 7 nitrogen and oxygen atoms in total. The topological polar surface area (TPSA) is 66.1 Å². The van der Waals surface area contributed by atoms with Crippen molar-refractivity contribution in [3.05, 3.63) is 70.9 Å². The molecule has 0 unspecified atom stereocenters. The minimum absolute atomic E-state index is 0.0603. The van der Waals surface area contributed by atoms with Crippen molar-refractivity contribution in [3.8, 4) is 0 Å². The van der Waals surface area contributed by atoms with E-state index in [0.29, 0.717) is 6.54 Å². The second kappa shape index (κ2) is 6.66. The number of hydrogen-bond donors (Lipinski definition) is 2. The van der Waals surface area contributed by atoms with Crippen LogP contribution in [-0.4, -0.2) is 56.2 Å². The van der Waals surface area contributed by atoms with E-state index in [-0.39, 0.29) is 48.2 Å². The molecule has 35 heavy (non-hydrogen) atoms. The molecule has 5 heterocycles. The molecule has 7 heteroatoms. The summed E-state index contributed by atoms with van der Waals surface area (Å²) in [6, 6.07) is 0.358. The van der Waals surface area contributed by atoms with Crippen LogP contribution < -0.4 is 20.4 Å². The van der Waals surface area contributed by atoms with Gasteiger partial charge in [0.05, 0.1) is 29.0 Å². The number of amides is 1. The number of allylic oxidation sites excluding steroid dienone is 4. The maximum absolute atomic E-state index is 13.4. The summed E-state index contributed by atoms with van der Waals surface area (Å²) in [5, 5.41) is 6.72. The van der Waals surface area contributed by atoms with Crippen molar-refractivity contribution in [1.29, 1.82) is 0 Å². The van der Waals surface area contributed by atoms with Crippen LogP contribution in [-0.2, 0) is 16.0 Å². The van der Waals surface area contributed by atoms with E-state index < -0.39 is 5.72 Å². The van der Waals surface area contributed by atoms with Crippen LogP contribution in [0.1, 0.15) is 52.2 Å². The molecular weight excluding hydrogens is 440 g/mol. The number of carbonyl (C=O) groups is 1. The van der Waals surface area contributed by atoms with Crippen molar-refractivity contribution in [1.82, 2.24) is 10.6 Å². The highest BCUT2D eigenvalue weighted by molar-refractivity contribution is 6.06. The molecule has 180 valence electrons. The van der Waals surface area contributed by atoms with Gasteiger partial charge < -0.3 is 29.9 Å². The first-order valence-electron chi connectivity index (χ1n) is 12.7. The summed E-state index contributed by atoms with van der Waals surface area (Å²) in [5.74, 6) is 0.363. The van der Waals surface area contributed by atoms with Gasteiger partial charge in [0.1, 0.15) is 12.3 Å². The second-order valence-electron chi connectivity index (χ2n) is 10.8. The van der Waals surface area contributed by atoms with Crippen LogP contribution in [0.5, 0.6) is 0 Å². The molecule has 1 amide bonds. The van der Waals surface area contributed by atoms with E-state index in [9.17, 15) is 4.79 Å². The Kier molecular flexibility index (Phi) is 3.87. The Bertz CT molecular complexity index is 1300. The fourth-order valence-corrected chi connectivity index (χ4v) is 8.21. The lowest BCUT2D eigenvalue weighted by atomic mass is 9.82. The number of nitrogens with one attached hydrogen (secondary N) is 2. The largest absolute Gasteiger partial charge is 0.375 e. The predicted octanol–water partition coefficient (Wildman–Crippen LogP) is 2.81. The number of rotatable bonds is 2. The van der Waals surface area contributed by atoms with Gasteiger partial charge in [-0.3, -0.25) is 4.79 Å². The summed E-state index contributed by atoms with van der Waals surface area (Å²) in [6.07, 6.45) is 18.2. The van der Waals surface area contributed by atoms with Gasteiger partial charge in [-0.15, -0.1) is 0 Å². The Labute approximate surface area is 205 Å². The predicted molar refractivity (Wildman–Crippen MR) is 134 cm³/mol. The summed E-state index contributed by atoms with van der Waals surface area (Å²) in [5.41, 5.74) is 6.28. The average molecular weight is 471 g/mol. The number of fused-ring (bicyclic) bond motifs is 13. The van der Waals surface area contributed by atoms with Gasteiger partial charge in [0.15, 0.2) is 5.72 Å². The van der Waals surface area contributed by atoms with E-state index in [0.717, 1.165) is 12.0 Å². The number of benzene rings is 1. The zero-order chi connectivity index (χ0) is 23.6. The molecule has 0 saturated carbocycles. The lowest BCUT2D eigenvalue weighted by molar-refractivity contribution is -0.199. The number of ether oxygens (including phenoxy) is 2. The zero-order valence-electron chi connectivity index (χ0n) is 20.2. The molecule has 1 fully saturated rings. The van der Waals surface area contributed by atoms with Crippen LogP contribution in [0.15, 0.2) is 48.6 Å². The van der Waals surface area contributed by atoms with E-state index in [4.69, 9.17) is 9.47 Å². The Hall–Kier alpha value is -2.87. The molecule has 7 aliphatic rings. The number of methoxy groups -OCH3 is 1. The molecule has 0 radical (unpaired) electrons. The van der Waals surface area contributed by atoms with Crippen molar-refractivity contribution < 1.29 is 14.3 Å². The maximum atomic E-state index is 13.4. The summed E-state index contributed by atoms with van der Waals surface area (Å²) in [6.45, 7) is 2.79. The van der Waals surface area contributed by atoms with Gasteiger partial charge >= 0.3 is 0 Å². The van der Waals surface area contributed by atoms with Crippen LogP contribution >= 0.6 is 0 Å². The molecule has 2 aliphatic carbocycles. The Balaban J connectivity index is 1.51. The first-order valence-corrected chi connectivity index (χ1v) is 12.7. The van der Waals surface area contributed by atoms with Crippen LogP contribution in [0.4, 0.5) is 11.4 Å². The fourth-order valence-electron chi connectivity index (χ4n) is 8.21. The zero-order valence-corrected chi connectivity index (χ0v) is 20.2. The smallest absolute Gasteiger partial charge is 0.252 e. The first-order chi connectivity index (χ1) is 17.1. The Morgan fingerprint density at radius 3 is 2.51 bits per heavy atom. The van der Waals surface area contributed by atoms with Crippen LogP contribution in [0.3, 0.4) is 0 Å². The van der Waals surface area contributed by atoms with Gasteiger partial charge in [-0.1, -0.05) is 48.6 Å². The van der Waals surface area contributed by atoms with Crippen LogP contribution in [0.25, 0.3) is 0 Å². The van der Waals surface area contributed by atoms with Gasteiger partial charge in [0.25, 0.3) is 5.91 Å². The summed E-state index contributed by atoms with van der Waals surface area (Å²) in [4.78, 5) is 18.4. The van der Waals surface area contributed by atoms with Crippen molar-refractivity contribution in [2.24, 2.45) is 0 Å². The van der Waals surface area contributed by atoms with Crippen molar-refractivity contribution in [2.45, 2.75) is 67.9 Å². The highest BCUT2D eigenvalue weighted by Gasteiger charge is 2.63. The summed E-state index contributed by atoms with van der Waals surface area (Å²) >= 11 is 0. The quantitative estimate of drug-likeness (QED) is 0.693. The molecule has 2 bridgehead atoms. The van der Waals surface area contributed by atoms with Gasteiger partial charge in [-0.25, -0.2) is 0 Å². The SMILES string of the molecule is CN[C@@H]1C[C@H]2O[C@@](C)([C@@H]1OC)N1c3c(c4c(c5c3N2[C@H]2C=CC=C[C@H]52)C(=O)NC4)[C@H]2C=CC=C[C@@H]21. The molecule has 0 aromatic heterocycles. The molecule has 8 atom stereocenters. The summed E-state index contributed by atoms with van der Waals surface area (Å²) in [7, 11) is 3.82. The lowest BCUT2D eigenvalue weighted by Crippen LogP contribution is -2.70. The lowest BCUT2D eigenvalue weighted by Gasteiger charge is -2.54. The van der Waals surface area contributed by atoms with E-state index in [1.54, 1.807) is 7.11 Å². The van der Waals surface area contributed by atoms with Crippen LogP contribution in [0.2, 0.25) is 0 Å². The Morgan fingerprint density at radius 1 is 1.06 bits per heavy atom. The number of hydrogen-bond acceptors (Lipinski definition) is 6. The third-order valence-electron chi connectivity index (χ3n) is 9.42. The highest BCUT2D eigenvalue weighted by atomic mass is 16.6. The molecule has 0 spiro atoms. The van der Waals surface area contributed by atoms with E-state index in [1.807, 2.05) is 7.05 Å². The third-order valence-corrected chi connectivity index (χ3v) is 9.42. The van der Waals surface area contributed by atoms with Gasteiger partial charge in [0.2, 0.25) is 0 Å². The van der Waals surface area contributed by atoms with E-state index >= 15 is 0 Å². The van der Waals surface area contributed by atoms with E-state index in [2.05, 4.69) is 76.0 Å². The molecule has 1 aromatic rings.